The third-order valence-electron chi connectivity index (χ3n) is 4.83. The van der Waals surface area contributed by atoms with Gasteiger partial charge in [-0.25, -0.2) is 4.98 Å². The number of hydrogen-bond donors (Lipinski definition) is 1. The zero-order valence-corrected chi connectivity index (χ0v) is 12.5. The van der Waals surface area contributed by atoms with Crippen LogP contribution in [-0.4, -0.2) is 30.7 Å². The second-order valence-corrected chi connectivity index (χ2v) is 6.43. The van der Waals surface area contributed by atoms with Crippen LogP contribution in [0.25, 0.3) is 10.8 Å². The molecule has 0 bridgehead atoms. The van der Waals surface area contributed by atoms with Crippen LogP contribution < -0.4 is 10.2 Å². The minimum atomic E-state index is 0.721. The lowest BCUT2D eigenvalue weighted by Crippen LogP contribution is -2.37. The van der Waals surface area contributed by atoms with Gasteiger partial charge >= 0.3 is 0 Å². The van der Waals surface area contributed by atoms with Gasteiger partial charge in [0.1, 0.15) is 5.82 Å². The van der Waals surface area contributed by atoms with Gasteiger partial charge in [0.05, 0.1) is 0 Å². The van der Waals surface area contributed by atoms with E-state index in [1.807, 2.05) is 6.20 Å². The van der Waals surface area contributed by atoms with Gasteiger partial charge < -0.3 is 10.2 Å². The van der Waals surface area contributed by atoms with Gasteiger partial charge in [0.2, 0.25) is 0 Å². The van der Waals surface area contributed by atoms with Crippen molar-refractivity contribution in [3.8, 4) is 0 Å². The maximum Gasteiger partial charge on any atom is 0.136 e. The molecular weight excluding hydrogens is 258 g/mol. The first-order chi connectivity index (χ1) is 10.4. The van der Waals surface area contributed by atoms with E-state index in [1.54, 1.807) is 0 Å². The Morgan fingerprint density at radius 3 is 2.67 bits per heavy atom. The number of fused-ring (bicyclic) bond motifs is 1. The Labute approximate surface area is 126 Å². The molecule has 0 amide bonds. The average molecular weight is 281 g/mol. The molecule has 1 aromatic carbocycles. The minimum Gasteiger partial charge on any atom is -0.353 e. The van der Waals surface area contributed by atoms with Crippen LogP contribution >= 0.6 is 0 Å². The van der Waals surface area contributed by atoms with Crippen molar-refractivity contribution in [2.24, 2.45) is 5.92 Å². The Kier molecular flexibility index (Phi) is 3.52. The van der Waals surface area contributed by atoms with Crippen molar-refractivity contribution in [1.82, 2.24) is 10.3 Å². The molecule has 1 saturated heterocycles. The largest absolute Gasteiger partial charge is 0.353 e. The van der Waals surface area contributed by atoms with E-state index in [4.69, 9.17) is 4.98 Å². The normalized spacial score (nSPS) is 19.8. The molecule has 0 atom stereocenters. The number of pyridine rings is 1. The summed E-state index contributed by atoms with van der Waals surface area (Å²) in [5.41, 5.74) is 0. The van der Waals surface area contributed by atoms with Crippen molar-refractivity contribution in [2.75, 3.05) is 24.5 Å². The van der Waals surface area contributed by atoms with E-state index in [1.165, 1.54) is 61.9 Å². The van der Waals surface area contributed by atoms with E-state index >= 15 is 0 Å². The van der Waals surface area contributed by atoms with Gasteiger partial charge in [0.15, 0.2) is 0 Å². The standard InChI is InChI=1S/C18H23N3/c1-2-4-17-15(3-1)9-12-20-18(17)21(16-5-6-16)13-14-7-10-19-11-8-14/h1-4,9,12,14,16,19H,5-8,10-11,13H2. The first kappa shape index (κ1) is 13.1. The lowest BCUT2D eigenvalue weighted by Gasteiger charge is -2.31. The highest BCUT2D eigenvalue weighted by Crippen LogP contribution is 2.35. The number of hydrogen-bond acceptors (Lipinski definition) is 3. The first-order valence-electron chi connectivity index (χ1n) is 8.23. The quantitative estimate of drug-likeness (QED) is 0.933. The molecule has 1 N–H and O–H groups in total. The summed E-state index contributed by atoms with van der Waals surface area (Å²) in [6, 6.07) is 11.5. The third-order valence-corrected chi connectivity index (χ3v) is 4.83. The van der Waals surface area contributed by atoms with Crippen LogP contribution in [0, 0.1) is 5.92 Å². The molecule has 0 unspecified atom stereocenters. The Morgan fingerprint density at radius 2 is 1.86 bits per heavy atom. The molecule has 1 saturated carbocycles. The van der Waals surface area contributed by atoms with Gasteiger partial charge in [-0.3, -0.25) is 0 Å². The second-order valence-electron chi connectivity index (χ2n) is 6.43. The molecule has 2 fully saturated rings. The van der Waals surface area contributed by atoms with E-state index in [9.17, 15) is 0 Å². The zero-order chi connectivity index (χ0) is 14.1. The zero-order valence-electron chi connectivity index (χ0n) is 12.5. The summed E-state index contributed by atoms with van der Waals surface area (Å²) in [6.07, 6.45) is 7.23. The summed E-state index contributed by atoms with van der Waals surface area (Å²) in [4.78, 5) is 7.34. The summed E-state index contributed by atoms with van der Waals surface area (Å²) in [7, 11) is 0. The van der Waals surface area contributed by atoms with E-state index < -0.39 is 0 Å². The topological polar surface area (TPSA) is 28.2 Å². The van der Waals surface area contributed by atoms with Gasteiger partial charge in [-0.2, -0.15) is 0 Å². The molecule has 2 aromatic rings. The van der Waals surface area contributed by atoms with E-state index in [0.29, 0.717) is 0 Å². The molecule has 1 aromatic heterocycles. The minimum absolute atomic E-state index is 0.721. The monoisotopic (exact) mass is 281 g/mol. The Hall–Kier alpha value is -1.61. The summed E-state index contributed by atoms with van der Waals surface area (Å²) in [6.45, 7) is 3.52. The van der Waals surface area contributed by atoms with Crippen LogP contribution in [-0.2, 0) is 0 Å². The molecule has 21 heavy (non-hydrogen) atoms. The number of piperidine rings is 1. The van der Waals surface area contributed by atoms with Gasteiger partial charge in [-0.1, -0.05) is 24.3 Å². The fraction of sp³-hybridized carbons (Fsp3) is 0.500. The number of benzene rings is 1. The van der Waals surface area contributed by atoms with Gasteiger partial charge in [-0.15, -0.1) is 0 Å². The summed E-state index contributed by atoms with van der Waals surface area (Å²) < 4.78 is 0. The van der Waals surface area contributed by atoms with Crippen LogP contribution in [0.3, 0.4) is 0 Å². The molecule has 110 valence electrons. The maximum atomic E-state index is 4.74. The highest BCUT2D eigenvalue weighted by molar-refractivity contribution is 5.92. The highest BCUT2D eigenvalue weighted by atomic mass is 15.2. The van der Waals surface area contributed by atoms with Crippen LogP contribution in [0.5, 0.6) is 0 Å². The number of nitrogens with one attached hydrogen (secondary N) is 1. The molecular formula is C18H23N3. The summed E-state index contributed by atoms with van der Waals surface area (Å²) in [5.74, 6) is 2.02. The summed E-state index contributed by atoms with van der Waals surface area (Å²) >= 11 is 0. The molecule has 0 spiro atoms. The van der Waals surface area contributed by atoms with Crippen LogP contribution in [0.4, 0.5) is 5.82 Å². The van der Waals surface area contributed by atoms with Gasteiger partial charge in [-0.05, 0) is 56.1 Å². The molecule has 0 radical (unpaired) electrons. The van der Waals surface area contributed by atoms with E-state index in [0.717, 1.165) is 12.0 Å². The van der Waals surface area contributed by atoms with Crippen LogP contribution in [0.2, 0.25) is 0 Å². The molecule has 3 nitrogen and oxygen atoms in total. The predicted octanol–water partition coefficient (Wildman–Crippen LogP) is 3.20. The smallest absolute Gasteiger partial charge is 0.136 e. The lowest BCUT2D eigenvalue weighted by molar-refractivity contribution is 0.372. The Balaban J connectivity index is 1.65. The van der Waals surface area contributed by atoms with E-state index in [2.05, 4.69) is 40.5 Å². The molecule has 2 aliphatic rings. The third kappa shape index (κ3) is 2.75. The van der Waals surface area contributed by atoms with Crippen molar-refractivity contribution in [2.45, 2.75) is 31.7 Å². The van der Waals surface area contributed by atoms with Crippen LogP contribution in [0.15, 0.2) is 36.5 Å². The van der Waals surface area contributed by atoms with Gasteiger partial charge in [0.25, 0.3) is 0 Å². The molecule has 4 rings (SSSR count). The maximum absolute atomic E-state index is 4.74. The van der Waals surface area contributed by atoms with Crippen molar-refractivity contribution in [3.05, 3.63) is 36.5 Å². The lowest BCUT2D eigenvalue weighted by atomic mass is 9.97. The van der Waals surface area contributed by atoms with Crippen molar-refractivity contribution in [1.29, 1.82) is 0 Å². The van der Waals surface area contributed by atoms with Crippen molar-refractivity contribution < 1.29 is 0 Å². The Morgan fingerprint density at radius 1 is 1.05 bits per heavy atom. The molecule has 2 heterocycles. The fourth-order valence-corrected chi connectivity index (χ4v) is 3.47. The molecule has 1 aliphatic heterocycles. The highest BCUT2D eigenvalue weighted by Gasteiger charge is 2.32. The van der Waals surface area contributed by atoms with Crippen molar-refractivity contribution >= 4 is 16.6 Å². The van der Waals surface area contributed by atoms with Crippen molar-refractivity contribution in [3.63, 3.8) is 0 Å². The molecule has 3 heteroatoms. The average Bonchev–Trinajstić information content (AvgIpc) is 3.38. The van der Waals surface area contributed by atoms with E-state index in [-0.39, 0.29) is 0 Å². The number of nitrogens with zero attached hydrogens (tertiary/aromatic N) is 2. The second kappa shape index (κ2) is 5.64. The number of aromatic nitrogens is 1. The van der Waals surface area contributed by atoms with Gasteiger partial charge in [0, 0.05) is 24.2 Å². The number of anilines is 1. The molecule has 1 aliphatic carbocycles. The number of rotatable bonds is 4. The van der Waals surface area contributed by atoms with Crippen LogP contribution in [0.1, 0.15) is 25.7 Å². The fourth-order valence-electron chi connectivity index (χ4n) is 3.47. The SMILES string of the molecule is c1ccc2c(N(CC3CCNCC3)C3CC3)nccc2c1. The first-order valence-corrected chi connectivity index (χ1v) is 8.23. The summed E-state index contributed by atoms with van der Waals surface area (Å²) in [5, 5.41) is 6.08. The Bertz CT molecular complexity index is 609. The predicted molar refractivity (Wildman–Crippen MR) is 87.7 cm³/mol.